The summed E-state index contributed by atoms with van der Waals surface area (Å²) in [5, 5.41) is 8.89. The molecule has 0 radical (unpaired) electrons. The fourth-order valence-electron chi connectivity index (χ4n) is 2.25. The van der Waals surface area contributed by atoms with E-state index in [1.54, 1.807) is 0 Å². The van der Waals surface area contributed by atoms with Crippen LogP contribution in [0.1, 0.15) is 31.1 Å². The molecule has 2 rings (SSSR count). The van der Waals surface area contributed by atoms with Gasteiger partial charge in [-0.15, -0.1) is 0 Å². The van der Waals surface area contributed by atoms with Gasteiger partial charge < -0.3 is 20.3 Å². The number of ether oxygens (including phenoxy) is 2. The zero-order valence-electron chi connectivity index (χ0n) is 10.7. The third-order valence-electron chi connectivity index (χ3n) is 3.12. The van der Waals surface area contributed by atoms with Crippen molar-refractivity contribution < 1.29 is 19.4 Å². The summed E-state index contributed by atoms with van der Waals surface area (Å²) in [5.41, 5.74) is 6.46. The molecule has 0 spiro atoms. The van der Waals surface area contributed by atoms with E-state index >= 15 is 0 Å². The molecule has 104 valence electrons. The monoisotopic (exact) mass is 265 g/mol. The number of carbonyl (C=O) groups is 1. The first-order chi connectivity index (χ1) is 9.19. The Morgan fingerprint density at radius 1 is 1.26 bits per heavy atom. The Bertz CT molecular complexity index is 409. The van der Waals surface area contributed by atoms with Crippen molar-refractivity contribution in [2.45, 2.75) is 37.8 Å². The molecule has 0 aromatic heterocycles. The predicted octanol–water partition coefficient (Wildman–Crippen LogP) is 1.68. The van der Waals surface area contributed by atoms with Gasteiger partial charge in [0.2, 0.25) is 0 Å². The zero-order chi connectivity index (χ0) is 13.7. The van der Waals surface area contributed by atoms with Crippen LogP contribution in [0.3, 0.4) is 0 Å². The standard InChI is InChI=1S/C14H19NO4/c15-7-6-11-8-12(9-13(16)17)19-14(18-11)10-4-2-1-3-5-10/h1-5,11-12,14H,6-9,15H2,(H,16,17)/t11-,12-,14-/m1/s1. The molecule has 1 aliphatic heterocycles. The maximum Gasteiger partial charge on any atom is 0.305 e. The van der Waals surface area contributed by atoms with Crippen LogP contribution >= 0.6 is 0 Å². The average Bonchev–Trinajstić information content (AvgIpc) is 2.39. The van der Waals surface area contributed by atoms with E-state index in [-0.39, 0.29) is 18.6 Å². The topological polar surface area (TPSA) is 81.8 Å². The lowest BCUT2D eigenvalue weighted by molar-refractivity contribution is -0.249. The highest BCUT2D eigenvalue weighted by Gasteiger charge is 2.31. The van der Waals surface area contributed by atoms with Gasteiger partial charge in [0.15, 0.2) is 6.29 Å². The second-order valence-corrected chi connectivity index (χ2v) is 4.67. The summed E-state index contributed by atoms with van der Waals surface area (Å²) in [6, 6.07) is 9.54. The third-order valence-corrected chi connectivity index (χ3v) is 3.12. The second kappa shape index (κ2) is 6.65. The third kappa shape index (κ3) is 4.02. The van der Waals surface area contributed by atoms with Gasteiger partial charge in [0.1, 0.15) is 0 Å². The number of benzene rings is 1. The zero-order valence-corrected chi connectivity index (χ0v) is 10.7. The Hall–Kier alpha value is -1.43. The van der Waals surface area contributed by atoms with Crippen molar-refractivity contribution in [1.82, 2.24) is 0 Å². The van der Waals surface area contributed by atoms with E-state index in [1.165, 1.54) is 0 Å². The summed E-state index contributed by atoms with van der Waals surface area (Å²) >= 11 is 0. The van der Waals surface area contributed by atoms with Crippen molar-refractivity contribution >= 4 is 5.97 Å². The molecule has 0 amide bonds. The molecule has 1 aromatic rings. The lowest BCUT2D eigenvalue weighted by atomic mass is 10.0. The number of hydrogen-bond donors (Lipinski definition) is 2. The molecule has 19 heavy (non-hydrogen) atoms. The minimum atomic E-state index is -0.856. The van der Waals surface area contributed by atoms with Crippen LogP contribution in [0.5, 0.6) is 0 Å². The minimum Gasteiger partial charge on any atom is -0.481 e. The molecule has 1 saturated heterocycles. The summed E-state index contributed by atoms with van der Waals surface area (Å²) in [5.74, 6) is -0.856. The molecular formula is C14H19NO4. The first-order valence-corrected chi connectivity index (χ1v) is 6.46. The van der Waals surface area contributed by atoms with Crippen molar-refractivity contribution in [2.75, 3.05) is 6.54 Å². The molecule has 1 aliphatic rings. The van der Waals surface area contributed by atoms with Crippen molar-refractivity contribution in [3.8, 4) is 0 Å². The fraction of sp³-hybridized carbons (Fsp3) is 0.500. The van der Waals surface area contributed by atoms with Gasteiger partial charge in [-0.1, -0.05) is 30.3 Å². The van der Waals surface area contributed by atoms with Gasteiger partial charge in [-0.05, 0) is 13.0 Å². The van der Waals surface area contributed by atoms with Crippen molar-refractivity contribution in [1.29, 1.82) is 0 Å². The van der Waals surface area contributed by atoms with Crippen LogP contribution in [-0.2, 0) is 14.3 Å². The van der Waals surface area contributed by atoms with E-state index in [0.29, 0.717) is 19.4 Å². The van der Waals surface area contributed by atoms with Crippen LogP contribution in [-0.4, -0.2) is 29.8 Å². The Balaban J connectivity index is 2.07. The van der Waals surface area contributed by atoms with Crippen molar-refractivity contribution in [3.05, 3.63) is 35.9 Å². The van der Waals surface area contributed by atoms with Crippen LogP contribution < -0.4 is 5.73 Å². The number of hydrogen-bond acceptors (Lipinski definition) is 4. The first-order valence-electron chi connectivity index (χ1n) is 6.46. The molecule has 3 atom stereocenters. The Morgan fingerprint density at radius 3 is 2.58 bits per heavy atom. The maximum atomic E-state index is 10.8. The number of carboxylic acids is 1. The molecule has 1 fully saturated rings. The lowest BCUT2D eigenvalue weighted by Crippen LogP contribution is -2.36. The summed E-state index contributed by atoms with van der Waals surface area (Å²) < 4.78 is 11.5. The van der Waals surface area contributed by atoms with Crippen molar-refractivity contribution in [2.24, 2.45) is 5.73 Å². The molecular weight excluding hydrogens is 246 g/mol. The molecule has 5 heteroatoms. The quantitative estimate of drug-likeness (QED) is 0.846. The largest absolute Gasteiger partial charge is 0.481 e. The Labute approximate surface area is 112 Å². The Kier molecular flexibility index (Phi) is 4.90. The number of nitrogens with two attached hydrogens (primary N) is 1. The van der Waals surface area contributed by atoms with Gasteiger partial charge in [-0.3, -0.25) is 4.79 Å². The summed E-state index contributed by atoms with van der Waals surface area (Å²) in [6.45, 7) is 0.520. The SMILES string of the molecule is NCC[C@@H]1C[C@H](CC(=O)O)O[C@H](c2ccccc2)O1. The van der Waals surface area contributed by atoms with Gasteiger partial charge in [-0.2, -0.15) is 0 Å². The summed E-state index contributed by atoms with van der Waals surface area (Å²) in [6.07, 6.45) is 0.404. The highest BCUT2D eigenvalue weighted by Crippen LogP contribution is 2.31. The number of aliphatic carboxylic acids is 1. The van der Waals surface area contributed by atoms with Crippen LogP contribution in [0.15, 0.2) is 30.3 Å². The molecule has 0 aliphatic carbocycles. The minimum absolute atomic E-state index is 0.00619. The smallest absolute Gasteiger partial charge is 0.305 e. The van der Waals surface area contributed by atoms with Crippen LogP contribution in [0.25, 0.3) is 0 Å². The molecule has 0 unspecified atom stereocenters. The van der Waals surface area contributed by atoms with E-state index in [9.17, 15) is 4.79 Å². The normalized spacial score (nSPS) is 27.1. The lowest BCUT2D eigenvalue weighted by Gasteiger charge is -2.35. The molecule has 0 bridgehead atoms. The highest BCUT2D eigenvalue weighted by molar-refractivity contribution is 5.67. The summed E-state index contributed by atoms with van der Waals surface area (Å²) in [4.78, 5) is 10.8. The van der Waals surface area contributed by atoms with Crippen LogP contribution in [0.2, 0.25) is 0 Å². The highest BCUT2D eigenvalue weighted by atomic mass is 16.7. The van der Waals surface area contributed by atoms with Gasteiger partial charge in [0.05, 0.1) is 18.6 Å². The van der Waals surface area contributed by atoms with Gasteiger partial charge in [-0.25, -0.2) is 0 Å². The Morgan fingerprint density at radius 2 is 1.95 bits per heavy atom. The van der Waals surface area contributed by atoms with Gasteiger partial charge in [0.25, 0.3) is 0 Å². The second-order valence-electron chi connectivity index (χ2n) is 4.67. The number of rotatable bonds is 5. The van der Waals surface area contributed by atoms with Crippen LogP contribution in [0, 0.1) is 0 Å². The van der Waals surface area contributed by atoms with E-state index in [0.717, 1.165) is 5.56 Å². The molecule has 3 N–H and O–H groups in total. The fourth-order valence-corrected chi connectivity index (χ4v) is 2.25. The molecule has 5 nitrogen and oxygen atoms in total. The molecule has 0 saturated carbocycles. The van der Waals surface area contributed by atoms with Gasteiger partial charge in [0, 0.05) is 12.0 Å². The maximum absolute atomic E-state index is 10.8. The average molecular weight is 265 g/mol. The molecule has 1 heterocycles. The van der Waals surface area contributed by atoms with Gasteiger partial charge >= 0.3 is 5.97 Å². The van der Waals surface area contributed by atoms with Crippen molar-refractivity contribution in [3.63, 3.8) is 0 Å². The van der Waals surface area contributed by atoms with E-state index in [1.807, 2.05) is 30.3 Å². The number of carboxylic acid groups (broad SMARTS) is 1. The van der Waals surface area contributed by atoms with E-state index < -0.39 is 12.3 Å². The predicted molar refractivity (Wildman–Crippen MR) is 69.5 cm³/mol. The van der Waals surface area contributed by atoms with E-state index in [4.69, 9.17) is 20.3 Å². The molecule has 1 aromatic carbocycles. The first kappa shape index (κ1) is 14.0. The van der Waals surface area contributed by atoms with E-state index in [2.05, 4.69) is 0 Å². The van der Waals surface area contributed by atoms with Crippen LogP contribution in [0.4, 0.5) is 0 Å². The summed E-state index contributed by atoms with van der Waals surface area (Å²) in [7, 11) is 0.